The summed E-state index contributed by atoms with van der Waals surface area (Å²) >= 11 is 6.21. The van der Waals surface area contributed by atoms with Gasteiger partial charge in [0.05, 0.1) is 23.3 Å². The molecule has 2 N–H and O–H groups in total. The third kappa shape index (κ3) is 3.67. The van der Waals surface area contributed by atoms with E-state index in [4.69, 9.17) is 26.9 Å². The molecule has 1 aliphatic heterocycles. The molecular weight excluding hydrogens is 356 g/mol. The van der Waals surface area contributed by atoms with Crippen molar-refractivity contribution in [2.45, 2.75) is 0 Å². The predicted octanol–water partition coefficient (Wildman–Crippen LogP) is 1.98. The quantitative estimate of drug-likeness (QED) is 0.771. The van der Waals surface area contributed by atoms with Gasteiger partial charge in [0, 0.05) is 44.0 Å². The maximum absolute atomic E-state index is 10.4. The molecule has 0 bridgehead atoms. The van der Waals surface area contributed by atoms with Crippen LogP contribution in [-0.4, -0.2) is 59.5 Å². The molecule has 1 fully saturated rings. The van der Waals surface area contributed by atoms with Crippen LogP contribution in [-0.2, 0) is 0 Å². The number of rotatable bonds is 5. The average Bonchev–Trinajstić information content (AvgIpc) is 3.12. The molecule has 0 aliphatic carbocycles. The van der Waals surface area contributed by atoms with E-state index < -0.39 is 0 Å². The van der Waals surface area contributed by atoms with Crippen molar-refractivity contribution in [1.82, 2.24) is 15.1 Å². The number of benzene rings is 1. The number of piperazine rings is 1. The lowest BCUT2D eigenvalue weighted by Crippen LogP contribution is -2.46. The molecule has 26 heavy (non-hydrogen) atoms. The van der Waals surface area contributed by atoms with E-state index in [2.05, 4.69) is 26.1 Å². The zero-order valence-electron chi connectivity index (χ0n) is 13.9. The van der Waals surface area contributed by atoms with Crippen LogP contribution in [0.15, 0.2) is 18.3 Å². The van der Waals surface area contributed by atoms with Gasteiger partial charge in [0.15, 0.2) is 6.61 Å². The van der Waals surface area contributed by atoms with Crippen LogP contribution < -0.4 is 9.64 Å². The molecule has 8 nitrogen and oxygen atoms in total. The second kappa shape index (κ2) is 7.96. The number of nitrogens with one attached hydrogen (secondary N) is 1. The smallest absolute Gasteiger partial charge is 0.174 e. The van der Waals surface area contributed by atoms with Crippen LogP contribution in [0.3, 0.4) is 0 Å². The number of H-pyrrole nitrogens is 1. The van der Waals surface area contributed by atoms with Crippen LogP contribution in [0.5, 0.6) is 11.5 Å². The number of aromatic nitrogens is 2. The van der Waals surface area contributed by atoms with Crippen molar-refractivity contribution in [2.24, 2.45) is 0 Å². The van der Waals surface area contributed by atoms with Crippen LogP contribution in [0.4, 0.5) is 5.69 Å². The number of hydrogen-bond acceptors (Lipinski definition) is 7. The van der Waals surface area contributed by atoms with Gasteiger partial charge in [0.25, 0.3) is 0 Å². The molecule has 1 aromatic heterocycles. The Bertz CT molecular complexity index is 861. The highest BCUT2D eigenvalue weighted by Crippen LogP contribution is 2.40. The van der Waals surface area contributed by atoms with E-state index in [1.807, 2.05) is 6.07 Å². The maximum Gasteiger partial charge on any atom is 0.174 e. The largest absolute Gasteiger partial charge is 0.507 e. The number of hydrogen-bond donors (Lipinski definition) is 2. The molecule has 0 radical (unpaired) electrons. The van der Waals surface area contributed by atoms with E-state index in [9.17, 15) is 5.11 Å². The fraction of sp³-hybridized carbons (Fsp3) is 0.353. The van der Waals surface area contributed by atoms with Gasteiger partial charge in [-0.2, -0.15) is 15.6 Å². The Kier molecular flexibility index (Phi) is 5.47. The molecule has 1 aliphatic rings. The molecule has 0 atom stereocenters. The summed E-state index contributed by atoms with van der Waals surface area (Å²) in [6.45, 7) is 3.35. The summed E-state index contributed by atoms with van der Waals surface area (Å²) in [5.74, 6) is 0.218. The zero-order chi connectivity index (χ0) is 18.5. The van der Waals surface area contributed by atoms with Crippen molar-refractivity contribution in [3.05, 3.63) is 23.4 Å². The Hall–Kier alpha value is -2.94. The molecule has 2 heterocycles. The van der Waals surface area contributed by atoms with Crippen LogP contribution in [0, 0.1) is 22.7 Å². The number of phenols is 1. The minimum absolute atomic E-state index is 0.0289. The second-order valence-corrected chi connectivity index (χ2v) is 6.19. The summed E-state index contributed by atoms with van der Waals surface area (Å²) in [7, 11) is 0. The zero-order valence-corrected chi connectivity index (χ0v) is 14.7. The summed E-state index contributed by atoms with van der Waals surface area (Å²) in [4.78, 5) is 4.24. The van der Waals surface area contributed by atoms with Gasteiger partial charge in [0.1, 0.15) is 23.3 Å². The molecular formula is C17H17ClN6O2. The first kappa shape index (κ1) is 17.9. The second-order valence-electron chi connectivity index (χ2n) is 5.79. The number of nitrogens with zero attached hydrogens (tertiary/aromatic N) is 5. The Morgan fingerprint density at radius 3 is 2.69 bits per heavy atom. The van der Waals surface area contributed by atoms with E-state index in [-0.39, 0.29) is 18.1 Å². The predicted molar refractivity (Wildman–Crippen MR) is 96.1 cm³/mol. The molecule has 1 aromatic carbocycles. The topological polar surface area (TPSA) is 112 Å². The van der Waals surface area contributed by atoms with Crippen molar-refractivity contribution in [2.75, 3.05) is 44.2 Å². The summed E-state index contributed by atoms with van der Waals surface area (Å²) in [6.07, 6.45) is 1.78. The average molecular weight is 373 g/mol. The Morgan fingerprint density at radius 2 is 2.00 bits per heavy atom. The van der Waals surface area contributed by atoms with Gasteiger partial charge in [-0.05, 0) is 6.07 Å². The molecule has 0 amide bonds. The van der Waals surface area contributed by atoms with E-state index in [0.717, 1.165) is 31.9 Å². The first-order valence-corrected chi connectivity index (χ1v) is 8.42. The molecule has 0 unspecified atom stereocenters. The minimum atomic E-state index is -0.154. The Labute approximate surface area is 155 Å². The van der Waals surface area contributed by atoms with Gasteiger partial charge in [-0.3, -0.25) is 10.00 Å². The summed E-state index contributed by atoms with van der Waals surface area (Å²) in [5, 5.41) is 35.2. The summed E-state index contributed by atoms with van der Waals surface area (Å²) in [5.41, 5.74) is 1.93. The minimum Gasteiger partial charge on any atom is -0.507 e. The maximum atomic E-state index is 10.4. The summed E-state index contributed by atoms with van der Waals surface area (Å²) < 4.78 is 5.20. The molecule has 134 valence electrons. The highest BCUT2D eigenvalue weighted by Gasteiger charge is 2.23. The molecule has 9 heteroatoms. The van der Waals surface area contributed by atoms with Gasteiger partial charge in [-0.25, -0.2) is 0 Å². The van der Waals surface area contributed by atoms with Crippen LogP contribution in [0.25, 0.3) is 11.3 Å². The SMILES string of the molecule is N#CCOc1cc(O)c(-c2n[nH]cc2N2CCN(CC#N)CC2)cc1Cl. The first-order chi connectivity index (χ1) is 12.6. The number of aromatic hydroxyl groups is 1. The number of aromatic amines is 1. The van der Waals surface area contributed by atoms with Crippen molar-refractivity contribution >= 4 is 17.3 Å². The van der Waals surface area contributed by atoms with Crippen molar-refractivity contribution in [3.63, 3.8) is 0 Å². The molecule has 2 aromatic rings. The number of anilines is 1. The molecule has 0 spiro atoms. The van der Waals surface area contributed by atoms with Crippen molar-refractivity contribution in [3.8, 4) is 34.9 Å². The molecule has 3 rings (SSSR count). The lowest BCUT2D eigenvalue weighted by atomic mass is 10.1. The number of phenolic OH excluding ortho intramolecular Hbond substituents is 1. The summed E-state index contributed by atoms with van der Waals surface area (Å²) in [6, 6.07) is 6.99. The Morgan fingerprint density at radius 1 is 1.23 bits per heavy atom. The van der Waals surface area contributed by atoms with Crippen molar-refractivity contribution < 1.29 is 9.84 Å². The molecule has 0 saturated carbocycles. The normalized spacial score (nSPS) is 14.7. The fourth-order valence-electron chi connectivity index (χ4n) is 2.92. The Balaban J connectivity index is 1.84. The third-order valence-electron chi connectivity index (χ3n) is 4.23. The highest BCUT2D eigenvalue weighted by molar-refractivity contribution is 6.32. The van der Waals surface area contributed by atoms with E-state index in [0.29, 0.717) is 22.8 Å². The lowest BCUT2D eigenvalue weighted by molar-refractivity contribution is 0.287. The lowest BCUT2D eigenvalue weighted by Gasteiger charge is -2.34. The van der Waals surface area contributed by atoms with E-state index >= 15 is 0 Å². The number of ether oxygens (including phenoxy) is 1. The van der Waals surface area contributed by atoms with Crippen LogP contribution >= 0.6 is 11.6 Å². The molecule has 1 saturated heterocycles. The van der Waals surface area contributed by atoms with Gasteiger partial charge in [-0.1, -0.05) is 11.6 Å². The van der Waals surface area contributed by atoms with E-state index in [1.165, 1.54) is 6.07 Å². The van der Waals surface area contributed by atoms with Crippen LogP contribution in [0.1, 0.15) is 0 Å². The first-order valence-electron chi connectivity index (χ1n) is 8.04. The van der Waals surface area contributed by atoms with Crippen molar-refractivity contribution in [1.29, 1.82) is 10.5 Å². The van der Waals surface area contributed by atoms with Crippen LogP contribution in [0.2, 0.25) is 5.02 Å². The van der Waals surface area contributed by atoms with E-state index in [1.54, 1.807) is 12.3 Å². The van der Waals surface area contributed by atoms with Gasteiger partial charge < -0.3 is 14.7 Å². The van der Waals surface area contributed by atoms with Gasteiger partial charge in [0.2, 0.25) is 0 Å². The fourth-order valence-corrected chi connectivity index (χ4v) is 3.14. The monoisotopic (exact) mass is 372 g/mol. The standard InChI is InChI=1S/C17H17ClN6O2/c18-13-9-12(15(25)10-16(13)26-8-2-20)17-14(11-21-22-17)24-6-4-23(3-1-19)5-7-24/h9-11,25H,3-8H2,(H,21,22). The number of nitriles is 2. The number of halogens is 1. The van der Waals surface area contributed by atoms with Gasteiger partial charge >= 0.3 is 0 Å². The van der Waals surface area contributed by atoms with Gasteiger partial charge in [-0.15, -0.1) is 0 Å². The third-order valence-corrected chi connectivity index (χ3v) is 4.52. The highest BCUT2D eigenvalue weighted by atomic mass is 35.5.